The Balaban J connectivity index is 2.15. The SMILES string of the molecule is COCCNCC(O)Cc1ccn(C)n1. The van der Waals surface area contributed by atoms with E-state index in [1.807, 2.05) is 19.3 Å². The molecule has 2 N–H and O–H groups in total. The molecule has 1 unspecified atom stereocenters. The molecule has 1 aromatic rings. The fourth-order valence-corrected chi connectivity index (χ4v) is 1.33. The minimum absolute atomic E-state index is 0.392. The molecule has 1 heterocycles. The van der Waals surface area contributed by atoms with Gasteiger partial charge in [-0.15, -0.1) is 0 Å². The maximum atomic E-state index is 9.66. The van der Waals surface area contributed by atoms with Crippen LogP contribution >= 0.6 is 0 Å². The number of nitrogens with zero attached hydrogens (tertiary/aromatic N) is 2. The third-order valence-corrected chi connectivity index (χ3v) is 2.08. The van der Waals surface area contributed by atoms with Crippen LogP contribution < -0.4 is 5.32 Å². The van der Waals surface area contributed by atoms with Gasteiger partial charge in [0.25, 0.3) is 0 Å². The van der Waals surface area contributed by atoms with E-state index in [0.717, 1.165) is 12.2 Å². The number of aryl methyl sites for hydroxylation is 1. The summed E-state index contributed by atoms with van der Waals surface area (Å²) < 4.78 is 6.62. The average molecular weight is 213 g/mol. The molecule has 0 bridgehead atoms. The van der Waals surface area contributed by atoms with Crippen molar-refractivity contribution in [2.75, 3.05) is 26.8 Å². The minimum Gasteiger partial charge on any atom is -0.391 e. The molecule has 1 rings (SSSR count). The zero-order valence-corrected chi connectivity index (χ0v) is 9.31. The van der Waals surface area contributed by atoms with Crippen LogP contribution in [0.2, 0.25) is 0 Å². The van der Waals surface area contributed by atoms with Gasteiger partial charge >= 0.3 is 0 Å². The summed E-state index contributed by atoms with van der Waals surface area (Å²) in [4.78, 5) is 0. The topological polar surface area (TPSA) is 59.3 Å². The Labute approximate surface area is 90.1 Å². The molecule has 0 aliphatic rings. The van der Waals surface area contributed by atoms with Gasteiger partial charge in [0.1, 0.15) is 0 Å². The van der Waals surface area contributed by atoms with Crippen molar-refractivity contribution in [2.45, 2.75) is 12.5 Å². The van der Waals surface area contributed by atoms with Crippen LogP contribution in [-0.2, 0) is 18.2 Å². The Morgan fingerprint density at radius 3 is 3.07 bits per heavy atom. The summed E-state index contributed by atoms with van der Waals surface area (Å²) in [6, 6.07) is 1.92. The highest BCUT2D eigenvalue weighted by atomic mass is 16.5. The Kier molecular flexibility index (Phi) is 5.31. The second kappa shape index (κ2) is 6.55. The van der Waals surface area contributed by atoms with Crippen molar-refractivity contribution in [1.82, 2.24) is 15.1 Å². The van der Waals surface area contributed by atoms with Gasteiger partial charge in [0.15, 0.2) is 0 Å². The number of hydrogen-bond acceptors (Lipinski definition) is 4. The van der Waals surface area contributed by atoms with Crippen molar-refractivity contribution in [3.05, 3.63) is 18.0 Å². The molecule has 5 heteroatoms. The zero-order chi connectivity index (χ0) is 11.1. The van der Waals surface area contributed by atoms with Crippen molar-refractivity contribution in [3.8, 4) is 0 Å². The van der Waals surface area contributed by atoms with Crippen molar-refractivity contribution < 1.29 is 9.84 Å². The van der Waals surface area contributed by atoms with Crippen LogP contribution in [0.25, 0.3) is 0 Å². The van der Waals surface area contributed by atoms with Gasteiger partial charge in [-0.05, 0) is 6.07 Å². The maximum Gasteiger partial charge on any atom is 0.0720 e. The van der Waals surface area contributed by atoms with Crippen LogP contribution in [0.4, 0.5) is 0 Å². The molecule has 0 amide bonds. The normalized spacial score (nSPS) is 13.0. The van der Waals surface area contributed by atoms with Gasteiger partial charge in [-0.2, -0.15) is 5.10 Å². The lowest BCUT2D eigenvalue weighted by Gasteiger charge is -2.09. The monoisotopic (exact) mass is 213 g/mol. The van der Waals surface area contributed by atoms with E-state index in [1.54, 1.807) is 11.8 Å². The van der Waals surface area contributed by atoms with E-state index in [2.05, 4.69) is 10.4 Å². The minimum atomic E-state index is -0.392. The molecule has 0 aliphatic carbocycles. The van der Waals surface area contributed by atoms with Gasteiger partial charge in [-0.3, -0.25) is 4.68 Å². The molecule has 0 aliphatic heterocycles. The van der Waals surface area contributed by atoms with Crippen LogP contribution in [0.1, 0.15) is 5.69 Å². The molecule has 15 heavy (non-hydrogen) atoms. The third-order valence-electron chi connectivity index (χ3n) is 2.08. The second-order valence-corrected chi connectivity index (χ2v) is 3.54. The average Bonchev–Trinajstić information content (AvgIpc) is 2.59. The molecule has 1 aromatic heterocycles. The number of aliphatic hydroxyl groups is 1. The molecule has 0 fully saturated rings. The maximum absolute atomic E-state index is 9.66. The molecule has 0 saturated carbocycles. The lowest BCUT2D eigenvalue weighted by molar-refractivity contribution is 0.159. The summed E-state index contributed by atoms with van der Waals surface area (Å²) in [6.07, 6.45) is 2.07. The van der Waals surface area contributed by atoms with Crippen LogP contribution in [0, 0.1) is 0 Å². The Bertz CT molecular complexity index is 275. The van der Waals surface area contributed by atoms with Crippen molar-refractivity contribution in [2.24, 2.45) is 7.05 Å². The molecular weight excluding hydrogens is 194 g/mol. The van der Waals surface area contributed by atoms with Gasteiger partial charge in [0.2, 0.25) is 0 Å². The first-order valence-electron chi connectivity index (χ1n) is 5.08. The Morgan fingerprint density at radius 1 is 1.67 bits per heavy atom. The summed E-state index contributed by atoms with van der Waals surface area (Å²) in [6.45, 7) is 1.99. The first-order valence-corrected chi connectivity index (χ1v) is 5.08. The number of methoxy groups -OCH3 is 1. The number of ether oxygens (including phenoxy) is 1. The largest absolute Gasteiger partial charge is 0.391 e. The summed E-state index contributed by atoms with van der Waals surface area (Å²) in [5.74, 6) is 0. The molecule has 1 atom stereocenters. The standard InChI is InChI=1S/C10H19N3O2/c1-13-5-3-9(12-13)7-10(14)8-11-4-6-15-2/h3,5,10-11,14H,4,6-8H2,1-2H3. The van der Waals surface area contributed by atoms with Gasteiger partial charge in [-0.1, -0.05) is 0 Å². The van der Waals surface area contributed by atoms with Crippen molar-refractivity contribution >= 4 is 0 Å². The molecule has 86 valence electrons. The molecule has 0 radical (unpaired) electrons. The Hall–Kier alpha value is -0.910. The molecule has 0 aromatic carbocycles. The van der Waals surface area contributed by atoms with Crippen molar-refractivity contribution in [1.29, 1.82) is 0 Å². The fourth-order valence-electron chi connectivity index (χ4n) is 1.33. The first-order chi connectivity index (χ1) is 7.22. The predicted octanol–water partition coefficient (Wildman–Crippen LogP) is -0.441. The second-order valence-electron chi connectivity index (χ2n) is 3.54. The lowest BCUT2D eigenvalue weighted by atomic mass is 10.2. The zero-order valence-electron chi connectivity index (χ0n) is 9.31. The van der Waals surface area contributed by atoms with Crippen LogP contribution in [0.15, 0.2) is 12.3 Å². The van der Waals surface area contributed by atoms with Gasteiger partial charge in [-0.25, -0.2) is 0 Å². The van der Waals surface area contributed by atoms with E-state index in [1.165, 1.54) is 0 Å². The van der Waals surface area contributed by atoms with Gasteiger partial charge in [0.05, 0.1) is 18.4 Å². The fraction of sp³-hybridized carbons (Fsp3) is 0.700. The van der Waals surface area contributed by atoms with E-state index in [4.69, 9.17) is 4.74 Å². The van der Waals surface area contributed by atoms with Gasteiger partial charge in [0, 0.05) is 39.9 Å². The molecule has 0 saturated heterocycles. The molecule has 0 spiro atoms. The van der Waals surface area contributed by atoms with E-state index in [0.29, 0.717) is 19.6 Å². The van der Waals surface area contributed by atoms with E-state index in [9.17, 15) is 5.11 Å². The summed E-state index contributed by atoms with van der Waals surface area (Å²) in [5.41, 5.74) is 0.915. The van der Waals surface area contributed by atoms with Gasteiger partial charge < -0.3 is 15.2 Å². The highest BCUT2D eigenvalue weighted by Gasteiger charge is 2.06. The number of hydrogen-bond donors (Lipinski definition) is 2. The number of nitrogens with one attached hydrogen (secondary N) is 1. The summed E-state index contributed by atoms with van der Waals surface area (Å²) >= 11 is 0. The Morgan fingerprint density at radius 2 is 2.47 bits per heavy atom. The van der Waals surface area contributed by atoms with Crippen LogP contribution in [0.3, 0.4) is 0 Å². The first kappa shape index (κ1) is 12.2. The lowest BCUT2D eigenvalue weighted by Crippen LogP contribution is -2.30. The van der Waals surface area contributed by atoms with Crippen LogP contribution in [-0.4, -0.2) is 47.8 Å². The van der Waals surface area contributed by atoms with E-state index in [-0.39, 0.29) is 0 Å². The summed E-state index contributed by atoms with van der Waals surface area (Å²) in [5, 5.41) is 17.0. The van der Waals surface area contributed by atoms with Crippen LogP contribution in [0.5, 0.6) is 0 Å². The predicted molar refractivity (Wildman–Crippen MR) is 57.7 cm³/mol. The number of rotatable bonds is 7. The molecular formula is C10H19N3O2. The van der Waals surface area contributed by atoms with E-state index < -0.39 is 6.10 Å². The number of aromatic nitrogens is 2. The van der Waals surface area contributed by atoms with E-state index >= 15 is 0 Å². The third kappa shape index (κ3) is 4.92. The highest BCUT2D eigenvalue weighted by Crippen LogP contribution is 1.98. The summed E-state index contributed by atoms with van der Waals surface area (Å²) in [7, 11) is 3.53. The highest BCUT2D eigenvalue weighted by molar-refractivity contribution is 5.00. The van der Waals surface area contributed by atoms with Crippen molar-refractivity contribution in [3.63, 3.8) is 0 Å². The quantitative estimate of drug-likeness (QED) is 0.603. The molecule has 5 nitrogen and oxygen atoms in total. The number of aliphatic hydroxyl groups excluding tert-OH is 1. The smallest absolute Gasteiger partial charge is 0.0720 e.